The van der Waals surface area contributed by atoms with Crippen LogP contribution < -0.4 is 4.74 Å². The summed E-state index contributed by atoms with van der Waals surface area (Å²) >= 11 is 0. The smallest absolute Gasteiger partial charge is 0.253 e. The topological polar surface area (TPSA) is 29.5 Å². The molecule has 0 spiro atoms. The molecule has 0 saturated carbocycles. The molecule has 0 radical (unpaired) electrons. The molecule has 0 aliphatic rings. The van der Waals surface area contributed by atoms with E-state index in [-0.39, 0.29) is 5.91 Å². The van der Waals surface area contributed by atoms with Gasteiger partial charge in [0.25, 0.3) is 5.91 Å². The van der Waals surface area contributed by atoms with E-state index in [9.17, 15) is 4.79 Å². The number of methoxy groups -OCH3 is 1. The summed E-state index contributed by atoms with van der Waals surface area (Å²) in [7, 11) is 1.64. The van der Waals surface area contributed by atoms with Crippen molar-refractivity contribution in [3.63, 3.8) is 0 Å². The Kier molecular flexibility index (Phi) is 12.7. The van der Waals surface area contributed by atoms with Crippen LogP contribution in [-0.2, 0) is 0 Å². The molecule has 0 fully saturated rings. The number of unbranched alkanes of at least 4 members (excludes halogenated alkanes) is 9. The van der Waals surface area contributed by atoms with Crippen molar-refractivity contribution in [1.29, 1.82) is 0 Å². The molecule has 0 bridgehead atoms. The molecule has 0 saturated heterocycles. The molecule has 26 heavy (non-hydrogen) atoms. The Morgan fingerprint density at radius 3 is 1.92 bits per heavy atom. The molecule has 0 N–H and O–H groups in total. The third kappa shape index (κ3) is 9.26. The maximum absolute atomic E-state index is 13.0. The Hall–Kier alpha value is -1.51. The van der Waals surface area contributed by atoms with Crippen LogP contribution in [0.3, 0.4) is 0 Å². The van der Waals surface area contributed by atoms with Gasteiger partial charge in [-0.3, -0.25) is 4.79 Å². The fourth-order valence-corrected chi connectivity index (χ4v) is 3.24. The van der Waals surface area contributed by atoms with Gasteiger partial charge in [-0.2, -0.15) is 0 Å². The van der Waals surface area contributed by atoms with E-state index in [0.29, 0.717) is 0 Å². The normalized spacial score (nSPS) is 10.7. The standard InChI is InChI=1S/C23H39NO2/c1-4-6-8-10-12-14-19-24(18-13-11-9-7-5-2)23(25)21-16-15-17-22(20-21)26-3/h15-17,20H,4-14,18-19H2,1-3H3. The summed E-state index contributed by atoms with van der Waals surface area (Å²) in [5, 5.41) is 0. The summed E-state index contributed by atoms with van der Waals surface area (Å²) in [6.45, 7) is 6.22. The molecule has 0 unspecified atom stereocenters. The van der Waals surface area contributed by atoms with Crippen molar-refractivity contribution in [2.75, 3.05) is 20.2 Å². The molecular weight excluding hydrogens is 322 g/mol. The Balaban J connectivity index is 2.55. The fourth-order valence-electron chi connectivity index (χ4n) is 3.24. The van der Waals surface area contributed by atoms with Gasteiger partial charge in [0, 0.05) is 18.7 Å². The molecule has 3 heteroatoms. The molecule has 1 rings (SSSR count). The number of amides is 1. The van der Waals surface area contributed by atoms with Gasteiger partial charge in [-0.05, 0) is 31.0 Å². The molecule has 1 amide bonds. The SMILES string of the molecule is CCCCCCCCN(CCCCCCC)C(=O)c1cccc(OC)c1. The molecule has 148 valence electrons. The van der Waals surface area contributed by atoms with Crippen molar-refractivity contribution < 1.29 is 9.53 Å². The van der Waals surface area contributed by atoms with Gasteiger partial charge in [-0.25, -0.2) is 0 Å². The lowest BCUT2D eigenvalue weighted by Crippen LogP contribution is -2.33. The highest BCUT2D eigenvalue weighted by molar-refractivity contribution is 5.94. The maximum Gasteiger partial charge on any atom is 0.253 e. The van der Waals surface area contributed by atoms with Gasteiger partial charge < -0.3 is 9.64 Å². The van der Waals surface area contributed by atoms with E-state index < -0.39 is 0 Å². The predicted octanol–water partition coefficient (Wildman–Crippen LogP) is 6.47. The second-order valence-electron chi connectivity index (χ2n) is 7.21. The van der Waals surface area contributed by atoms with Crippen molar-refractivity contribution in [3.8, 4) is 5.75 Å². The zero-order valence-corrected chi connectivity index (χ0v) is 17.3. The molecule has 1 aromatic carbocycles. The highest BCUT2D eigenvalue weighted by atomic mass is 16.5. The van der Waals surface area contributed by atoms with E-state index in [1.165, 1.54) is 57.8 Å². The average molecular weight is 362 g/mol. The number of carbonyl (C=O) groups is 1. The first-order valence-corrected chi connectivity index (χ1v) is 10.7. The van der Waals surface area contributed by atoms with Gasteiger partial charge in [0.2, 0.25) is 0 Å². The van der Waals surface area contributed by atoms with E-state index in [0.717, 1.165) is 37.2 Å². The number of rotatable bonds is 15. The minimum Gasteiger partial charge on any atom is -0.497 e. The van der Waals surface area contributed by atoms with Crippen LogP contribution in [0.4, 0.5) is 0 Å². The Morgan fingerprint density at radius 2 is 1.38 bits per heavy atom. The predicted molar refractivity (Wildman–Crippen MR) is 111 cm³/mol. The first kappa shape index (κ1) is 22.5. The van der Waals surface area contributed by atoms with Crippen molar-refractivity contribution >= 4 is 5.91 Å². The molecule has 3 nitrogen and oxygen atoms in total. The van der Waals surface area contributed by atoms with Gasteiger partial charge in [0.15, 0.2) is 0 Å². The van der Waals surface area contributed by atoms with Crippen molar-refractivity contribution in [1.82, 2.24) is 4.90 Å². The average Bonchev–Trinajstić information content (AvgIpc) is 2.68. The van der Waals surface area contributed by atoms with Crippen molar-refractivity contribution in [2.45, 2.75) is 84.5 Å². The molecule has 0 heterocycles. The number of benzene rings is 1. The first-order valence-electron chi connectivity index (χ1n) is 10.7. The van der Waals surface area contributed by atoms with Gasteiger partial charge in [0.05, 0.1) is 7.11 Å². The Bertz CT molecular complexity index is 487. The van der Waals surface area contributed by atoms with E-state index >= 15 is 0 Å². The summed E-state index contributed by atoms with van der Waals surface area (Å²) in [5.74, 6) is 0.895. The lowest BCUT2D eigenvalue weighted by atomic mass is 10.1. The summed E-state index contributed by atoms with van der Waals surface area (Å²) < 4.78 is 5.28. The Morgan fingerprint density at radius 1 is 0.846 bits per heavy atom. The van der Waals surface area contributed by atoms with Crippen LogP contribution in [0, 0.1) is 0 Å². The van der Waals surface area contributed by atoms with Crippen LogP contribution in [0.2, 0.25) is 0 Å². The number of nitrogens with zero attached hydrogens (tertiary/aromatic N) is 1. The van der Waals surface area contributed by atoms with E-state index in [2.05, 4.69) is 18.7 Å². The van der Waals surface area contributed by atoms with Gasteiger partial charge >= 0.3 is 0 Å². The van der Waals surface area contributed by atoms with Crippen LogP contribution in [0.25, 0.3) is 0 Å². The summed E-state index contributed by atoms with van der Waals surface area (Å²) in [5.41, 5.74) is 0.740. The van der Waals surface area contributed by atoms with Crippen LogP contribution in [0.5, 0.6) is 5.75 Å². The quantitative estimate of drug-likeness (QED) is 0.335. The van der Waals surface area contributed by atoms with Crippen molar-refractivity contribution in [3.05, 3.63) is 29.8 Å². The van der Waals surface area contributed by atoms with Gasteiger partial charge in [-0.15, -0.1) is 0 Å². The summed E-state index contributed by atoms with van der Waals surface area (Å²) in [6.07, 6.45) is 13.7. The summed E-state index contributed by atoms with van der Waals surface area (Å²) in [4.78, 5) is 15.0. The third-order valence-electron chi connectivity index (χ3n) is 4.92. The molecular formula is C23H39NO2. The zero-order chi connectivity index (χ0) is 19.0. The second kappa shape index (κ2) is 14.6. The van der Waals surface area contributed by atoms with Crippen LogP contribution >= 0.6 is 0 Å². The molecule has 0 atom stereocenters. The third-order valence-corrected chi connectivity index (χ3v) is 4.92. The number of ether oxygens (including phenoxy) is 1. The fraction of sp³-hybridized carbons (Fsp3) is 0.696. The number of hydrogen-bond donors (Lipinski definition) is 0. The monoisotopic (exact) mass is 361 g/mol. The second-order valence-corrected chi connectivity index (χ2v) is 7.21. The zero-order valence-electron chi connectivity index (χ0n) is 17.3. The minimum atomic E-state index is 0.146. The molecule has 0 aromatic heterocycles. The van der Waals surface area contributed by atoms with Crippen LogP contribution in [0.1, 0.15) is 94.8 Å². The van der Waals surface area contributed by atoms with Gasteiger partial charge in [-0.1, -0.05) is 77.7 Å². The summed E-state index contributed by atoms with van der Waals surface area (Å²) in [6, 6.07) is 7.54. The highest BCUT2D eigenvalue weighted by Crippen LogP contribution is 2.16. The lowest BCUT2D eigenvalue weighted by molar-refractivity contribution is 0.0749. The van der Waals surface area contributed by atoms with E-state index in [4.69, 9.17) is 4.74 Å². The Labute approximate surface area is 161 Å². The molecule has 0 aliphatic carbocycles. The van der Waals surface area contributed by atoms with E-state index in [1.54, 1.807) is 7.11 Å². The number of hydrogen-bond acceptors (Lipinski definition) is 2. The first-order chi connectivity index (χ1) is 12.7. The van der Waals surface area contributed by atoms with Crippen LogP contribution in [0.15, 0.2) is 24.3 Å². The van der Waals surface area contributed by atoms with E-state index in [1.807, 2.05) is 24.3 Å². The van der Waals surface area contributed by atoms with Gasteiger partial charge in [0.1, 0.15) is 5.75 Å². The molecule has 1 aromatic rings. The molecule has 0 aliphatic heterocycles. The minimum absolute atomic E-state index is 0.146. The van der Waals surface area contributed by atoms with Crippen molar-refractivity contribution in [2.24, 2.45) is 0 Å². The largest absolute Gasteiger partial charge is 0.497 e. The lowest BCUT2D eigenvalue weighted by Gasteiger charge is -2.23. The number of carbonyl (C=O) groups excluding carboxylic acids is 1. The maximum atomic E-state index is 13.0. The van der Waals surface area contributed by atoms with Crippen LogP contribution in [-0.4, -0.2) is 31.0 Å². The highest BCUT2D eigenvalue weighted by Gasteiger charge is 2.15.